The number of ether oxygens (including phenoxy) is 1. The molecule has 114 valence electrons. The fourth-order valence-electron chi connectivity index (χ4n) is 1.70. The number of hydrogen-bond acceptors (Lipinski definition) is 5. The summed E-state index contributed by atoms with van der Waals surface area (Å²) >= 11 is 3.07. The third-order valence-corrected chi connectivity index (χ3v) is 3.54. The Kier molecular flexibility index (Phi) is 6.29. The summed E-state index contributed by atoms with van der Waals surface area (Å²) in [6, 6.07) is 4.17. The number of nitro groups is 1. The fraction of sp³-hybridized carbons (Fsp3) is 0.385. The van der Waals surface area contributed by atoms with Crippen molar-refractivity contribution in [3.63, 3.8) is 0 Å². The minimum absolute atomic E-state index is 0.0781. The second-order valence-electron chi connectivity index (χ2n) is 4.13. The Balaban J connectivity index is 2.92. The second-order valence-corrected chi connectivity index (χ2v) is 4.99. The van der Waals surface area contributed by atoms with Gasteiger partial charge in [-0.25, -0.2) is 0 Å². The molecule has 0 atom stereocenters. The highest BCUT2D eigenvalue weighted by Gasteiger charge is 2.20. The van der Waals surface area contributed by atoms with Crippen molar-refractivity contribution in [2.75, 3.05) is 20.2 Å². The number of carbonyl (C=O) groups is 2. The van der Waals surface area contributed by atoms with Gasteiger partial charge in [0.15, 0.2) is 0 Å². The monoisotopic (exact) mass is 358 g/mol. The van der Waals surface area contributed by atoms with E-state index in [1.54, 1.807) is 6.92 Å². The maximum atomic E-state index is 12.3. The Hall–Kier alpha value is -1.96. The Morgan fingerprint density at radius 2 is 2.10 bits per heavy atom. The van der Waals surface area contributed by atoms with E-state index in [2.05, 4.69) is 20.7 Å². The first-order valence-electron chi connectivity index (χ1n) is 6.20. The number of rotatable bonds is 6. The normalized spacial score (nSPS) is 10.0. The number of methoxy groups -OCH3 is 1. The van der Waals surface area contributed by atoms with Crippen molar-refractivity contribution >= 4 is 33.5 Å². The van der Waals surface area contributed by atoms with E-state index in [-0.39, 0.29) is 30.1 Å². The zero-order valence-electron chi connectivity index (χ0n) is 11.7. The third-order valence-electron chi connectivity index (χ3n) is 2.87. The second kappa shape index (κ2) is 7.72. The molecule has 1 aromatic rings. The van der Waals surface area contributed by atoms with Gasteiger partial charge in [0, 0.05) is 24.7 Å². The maximum Gasteiger partial charge on any atom is 0.307 e. The fourth-order valence-corrected chi connectivity index (χ4v) is 2.09. The number of hydrogen-bond donors (Lipinski definition) is 0. The van der Waals surface area contributed by atoms with Gasteiger partial charge in [-0.2, -0.15) is 0 Å². The molecule has 0 saturated heterocycles. The van der Waals surface area contributed by atoms with Crippen LogP contribution in [0.3, 0.4) is 0 Å². The number of nitro benzene ring substituents is 1. The van der Waals surface area contributed by atoms with E-state index in [0.29, 0.717) is 11.0 Å². The molecule has 0 bridgehead atoms. The molecule has 0 aliphatic rings. The molecule has 0 fully saturated rings. The summed E-state index contributed by atoms with van der Waals surface area (Å²) in [5.74, 6) is -0.778. The molecule has 1 aromatic carbocycles. The first-order valence-corrected chi connectivity index (χ1v) is 7.00. The van der Waals surface area contributed by atoms with E-state index in [0.717, 1.165) is 0 Å². The van der Waals surface area contributed by atoms with E-state index in [9.17, 15) is 19.7 Å². The molecular formula is C13H15BrN2O5. The van der Waals surface area contributed by atoms with E-state index in [1.165, 1.54) is 30.2 Å². The Labute approximate surface area is 130 Å². The molecule has 0 aromatic heterocycles. The highest BCUT2D eigenvalue weighted by molar-refractivity contribution is 9.10. The number of carbonyl (C=O) groups excluding carboxylic acids is 2. The molecule has 8 heteroatoms. The Morgan fingerprint density at radius 3 is 2.62 bits per heavy atom. The van der Waals surface area contributed by atoms with Crippen molar-refractivity contribution in [1.82, 2.24) is 4.90 Å². The third kappa shape index (κ3) is 4.52. The average Bonchev–Trinajstić information content (AvgIpc) is 2.47. The lowest BCUT2D eigenvalue weighted by Gasteiger charge is -2.20. The zero-order chi connectivity index (χ0) is 16.0. The molecule has 0 radical (unpaired) electrons. The van der Waals surface area contributed by atoms with Crippen LogP contribution in [0.5, 0.6) is 0 Å². The summed E-state index contributed by atoms with van der Waals surface area (Å²) in [4.78, 5) is 35.2. The Morgan fingerprint density at radius 1 is 1.43 bits per heavy atom. The van der Waals surface area contributed by atoms with Crippen LogP contribution in [-0.2, 0) is 9.53 Å². The van der Waals surface area contributed by atoms with Crippen LogP contribution >= 0.6 is 15.9 Å². The van der Waals surface area contributed by atoms with Crippen LogP contribution < -0.4 is 0 Å². The number of halogens is 1. The van der Waals surface area contributed by atoms with Gasteiger partial charge < -0.3 is 9.64 Å². The van der Waals surface area contributed by atoms with Crippen molar-refractivity contribution < 1.29 is 19.2 Å². The van der Waals surface area contributed by atoms with Gasteiger partial charge in [0.1, 0.15) is 0 Å². The van der Waals surface area contributed by atoms with Crippen molar-refractivity contribution in [3.8, 4) is 0 Å². The van der Waals surface area contributed by atoms with Crippen LogP contribution in [0.15, 0.2) is 22.7 Å². The summed E-state index contributed by atoms with van der Waals surface area (Å²) in [5, 5.41) is 10.9. The van der Waals surface area contributed by atoms with Crippen molar-refractivity contribution in [2.24, 2.45) is 0 Å². The molecule has 0 aliphatic carbocycles. The molecule has 0 aliphatic heterocycles. The van der Waals surface area contributed by atoms with E-state index < -0.39 is 10.9 Å². The van der Waals surface area contributed by atoms with Gasteiger partial charge in [-0.15, -0.1) is 0 Å². The number of benzene rings is 1. The van der Waals surface area contributed by atoms with Gasteiger partial charge in [-0.05, 0) is 35.0 Å². The number of amides is 1. The molecule has 1 amide bonds. The SMILES string of the molecule is CCN(CCC(=O)OC)C(=O)c1ccc(Br)c([N+](=O)[O-])c1. The zero-order valence-corrected chi connectivity index (χ0v) is 13.3. The summed E-state index contributed by atoms with van der Waals surface area (Å²) in [6.45, 7) is 2.36. The topological polar surface area (TPSA) is 89.8 Å². The smallest absolute Gasteiger partial charge is 0.307 e. The molecule has 1 rings (SSSR count). The van der Waals surface area contributed by atoms with Gasteiger partial charge in [-0.1, -0.05) is 0 Å². The molecule has 0 spiro atoms. The molecule has 0 heterocycles. The van der Waals surface area contributed by atoms with Crippen molar-refractivity contribution in [2.45, 2.75) is 13.3 Å². The minimum atomic E-state index is -0.564. The lowest BCUT2D eigenvalue weighted by Crippen LogP contribution is -2.33. The first kappa shape index (κ1) is 17.1. The molecule has 0 N–H and O–H groups in total. The first-order chi connectivity index (χ1) is 9.90. The number of nitrogens with zero attached hydrogens (tertiary/aromatic N) is 2. The van der Waals surface area contributed by atoms with Crippen LogP contribution in [0, 0.1) is 10.1 Å². The van der Waals surface area contributed by atoms with Gasteiger partial charge in [-0.3, -0.25) is 19.7 Å². The number of esters is 1. The van der Waals surface area contributed by atoms with Crippen LogP contribution in [0.2, 0.25) is 0 Å². The van der Waals surface area contributed by atoms with Crippen LogP contribution in [0.4, 0.5) is 5.69 Å². The Bertz CT molecular complexity index is 561. The molecular weight excluding hydrogens is 344 g/mol. The summed E-state index contributed by atoms with van der Waals surface area (Å²) in [7, 11) is 1.28. The van der Waals surface area contributed by atoms with Gasteiger partial charge >= 0.3 is 5.97 Å². The van der Waals surface area contributed by atoms with Gasteiger partial charge in [0.25, 0.3) is 11.6 Å². The lowest BCUT2D eigenvalue weighted by atomic mass is 10.1. The molecule has 0 unspecified atom stereocenters. The predicted octanol–water partition coefficient (Wildman–Crippen LogP) is 2.38. The highest BCUT2D eigenvalue weighted by Crippen LogP contribution is 2.26. The maximum absolute atomic E-state index is 12.3. The molecule has 0 saturated carbocycles. The summed E-state index contributed by atoms with van der Waals surface area (Å²) < 4.78 is 4.83. The van der Waals surface area contributed by atoms with Crippen LogP contribution in [-0.4, -0.2) is 41.9 Å². The predicted molar refractivity (Wildman–Crippen MR) is 79.0 cm³/mol. The molecule has 21 heavy (non-hydrogen) atoms. The summed E-state index contributed by atoms with van der Waals surface area (Å²) in [5.41, 5.74) is 0.0292. The minimum Gasteiger partial charge on any atom is -0.469 e. The van der Waals surface area contributed by atoms with Crippen LogP contribution in [0.1, 0.15) is 23.7 Å². The van der Waals surface area contributed by atoms with Gasteiger partial charge in [0.05, 0.1) is 22.9 Å². The van der Waals surface area contributed by atoms with Crippen molar-refractivity contribution in [3.05, 3.63) is 38.3 Å². The average molecular weight is 359 g/mol. The standard InChI is InChI=1S/C13H15BrN2O5/c1-3-15(7-6-12(17)21-2)13(18)9-4-5-10(14)11(8-9)16(19)20/h4-5,8H,3,6-7H2,1-2H3. The highest BCUT2D eigenvalue weighted by atomic mass is 79.9. The van der Waals surface area contributed by atoms with E-state index in [1.807, 2.05) is 0 Å². The van der Waals surface area contributed by atoms with Crippen LogP contribution in [0.25, 0.3) is 0 Å². The molecule has 7 nitrogen and oxygen atoms in total. The van der Waals surface area contributed by atoms with Crippen molar-refractivity contribution in [1.29, 1.82) is 0 Å². The quantitative estimate of drug-likeness (QED) is 0.442. The van der Waals surface area contributed by atoms with Gasteiger partial charge in [0.2, 0.25) is 0 Å². The van der Waals surface area contributed by atoms with E-state index in [4.69, 9.17) is 0 Å². The lowest BCUT2D eigenvalue weighted by molar-refractivity contribution is -0.385. The van der Waals surface area contributed by atoms with E-state index >= 15 is 0 Å². The largest absolute Gasteiger partial charge is 0.469 e. The summed E-state index contributed by atoms with van der Waals surface area (Å²) in [6.07, 6.45) is 0.0781.